The molecule has 0 saturated carbocycles. The SMILES string of the molecule is O=C(/C=C/c1ccc(O)cc1)c1c(O)cc(O)cc1Cc1cc(O)cc(=O)o1. The summed E-state index contributed by atoms with van der Waals surface area (Å²) in [4.78, 5) is 24.1. The fraction of sp³-hybridized carbons (Fsp3) is 0.0476. The van der Waals surface area contributed by atoms with Crippen molar-refractivity contribution >= 4 is 11.9 Å². The third-order valence-electron chi connectivity index (χ3n) is 3.92. The number of carbonyl (C=O) groups is 1. The molecule has 2 aromatic carbocycles. The van der Waals surface area contributed by atoms with Gasteiger partial charge in [-0.05, 0) is 35.4 Å². The average molecular weight is 380 g/mol. The van der Waals surface area contributed by atoms with Crippen LogP contribution >= 0.6 is 0 Å². The highest BCUT2D eigenvalue weighted by Gasteiger charge is 2.17. The summed E-state index contributed by atoms with van der Waals surface area (Å²) in [5, 5.41) is 38.8. The van der Waals surface area contributed by atoms with Gasteiger partial charge in [0.1, 0.15) is 28.8 Å². The Kier molecular flexibility index (Phi) is 5.17. The van der Waals surface area contributed by atoms with Crippen LogP contribution in [0.5, 0.6) is 23.0 Å². The van der Waals surface area contributed by atoms with Crippen LogP contribution in [0.4, 0.5) is 0 Å². The molecule has 0 bridgehead atoms. The van der Waals surface area contributed by atoms with Crippen molar-refractivity contribution in [1.29, 1.82) is 0 Å². The van der Waals surface area contributed by atoms with Gasteiger partial charge in [0, 0.05) is 18.6 Å². The van der Waals surface area contributed by atoms with E-state index in [0.29, 0.717) is 5.56 Å². The zero-order valence-corrected chi connectivity index (χ0v) is 14.5. The molecular weight excluding hydrogens is 364 g/mol. The van der Waals surface area contributed by atoms with Crippen LogP contribution in [0.1, 0.15) is 27.2 Å². The third kappa shape index (κ3) is 4.39. The normalized spacial score (nSPS) is 11.0. The first-order valence-corrected chi connectivity index (χ1v) is 8.21. The molecule has 0 unspecified atom stereocenters. The Bertz CT molecular complexity index is 1110. The van der Waals surface area contributed by atoms with Crippen LogP contribution in [0, 0.1) is 0 Å². The van der Waals surface area contributed by atoms with E-state index in [0.717, 1.165) is 12.1 Å². The maximum Gasteiger partial charge on any atom is 0.339 e. The molecule has 0 radical (unpaired) electrons. The van der Waals surface area contributed by atoms with E-state index in [2.05, 4.69) is 0 Å². The van der Waals surface area contributed by atoms with Gasteiger partial charge in [0.15, 0.2) is 5.78 Å². The van der Waals surface area contributed by atoms with Gasteiger partial charge >= 0.3 is 5.63 Å². The minimum absolute atomic E-state index is 0.0616. The van der Waals surface area contributed by atoms with E-state index in [4.69, 9.17) is 4.42 Å². The molecule has 0 fully saturated rings. The first-order chi connectivity index (χ1) is 13.3. The molecule has 1 heterocycles. The number of rotatable bonds is 5. The van der Waals surface area contributed by atoms with E-state index >= 15 is 0 Å². The van der Waals surface area contributed by atoms with Crippen molar-refractivity contribution in [2.75, 3.05) is 0 Å². The Hall–Kier alpha value is -4.00. The predicted octanol–water partition coefficient (Wildman–Crippen LogP) is 2.95. The minimum Gasteiger partial charge on any atom is -0.508 e. The van der Waals surface area contributed by atoms with E-state index in [9.17, 15) is 30.0 Å². The van der Waals surface area contributed by atoms with Crippen molar-refractivity contribution in [1.82, 2.24) is 0 Å². The van der Waals surface area contributed by atoms with E-state index < -0.39 is 17.2 Å². The van der Waals surface area contributed by atoms with E-state index in [1.807, 2.05) is 0 Å². The van der Waals surface area contributed by atoms with Gasteiger partial charge in [-0.15, -0.1) is 0 Å². The zero-order chi connectivity index (χ0) is 20.3. The molecule has 1 aromatic heterocycles. The Morgan fingerprint density at radius 3 is 2.25 bits per heavy atom. The number of phenolic OH excluding ortho intramolecular Hbond substituents is 3. The third-order valence-corrected chi connectivity index (χ3v) is 3.92. The fourth-order valence-electron chi connectivity index (χ4n) is 2.72. The molecule has 0 amide bonds. The first-order valence-electron chi connectivity index (χ1n) is 8.21. The topological polar surface area (TPSA) is 128 Å². The summed E-state index contributed by atoms with van der Waals surface area (Å²) in [6.07, 6.45) is 2.63. The first kappa shape index (κ1) is 18.8. The second-order valence-electron chi connectivity index (χ2n) is 6.07. The van der Waals surface area contributed by atoms with Crippen LogP contribution < -0.4 is 5.63 Å². The second-order valence-corrected chi connectivity index (χ2v) is 6.07. The molecule has 0 aliphatic carbocycles. The zero-order valence-electron chi connectivity index (χ0n) is 14.5. The number of benzene rings is 2. The maximum absolute atomic E-state index is 12.6. The smallest absolute Gasteiger partial charge is 0.339 e. The molecule has 7 heteroatoms. The number of hydrogen-bond donors (Lipinski definition) is 4. The van der Waals surface area contributed by atoms with Crippen molar-refractivity contribution in [2.45, 2.75) is 6.42 Å². The summed E-state index contributed by atoms with van der Waals surface area (Å²) in [5.74, 6) is -1.38. The lowest BCUT2D eigenvalue weighted by atomic mass is 9.97. The predicted molar refractivity (Wildman–Crippen MR) is 101 cm³/mol. The Labute approximate surface area is 159 Å². The van der Waals surface area contributed by atoms with Crippen molar-refractivity contribution in [2.24, 2.45) is 0 Å². The monoisotopic (exact) mass is 380 g/mol. The van der Waals surface area contributed by atoms with Crippen molar-refractivity contribution in [3.63, 3.8) is 0 Å². The van der Waals surface area contributed by atoms with Crippen LogP contribution in [0.3, 0.4) is 0 Å². The minimum atomic E-state index is -0.764. The van der Waals surface area contributed by atoms with Crippen LogP contribution in [0.15, 0.2) is 63.8 Å². The van der Waals surface area contributed by atoms with Crippen molar-refractivity contribution < 1.29 is 29.6 Å². The van der Waals surface area contributed by atoms with Crippen LogP contribution in [-0.4, -0.2) is 26.2 Å². The van der Waals surface area contributed by atoms with Crippen molar-refractivity contribution in [3.8, 4) is 23.0 Å². The Morgan fingerprint density at radius 1 is 0.893 bits per heavy atom. The molecular formula is C21H16O7. The lowest BCUT2D eigenvalue weighted by molar-refractivity contribution is 0.104. The van der Waals surface area contributed by atoms with Gasteiger partial charge in [0.05, 0.1) is 11.6 Å². The van der Waals surface area contributed by atoms with Gasteiger partial charge in [-0.1, -0.05) is 18.2 Å². The van der Waals surface area contributed by atoms with E-state index in [-0.39, 0.29) is 40.6 Å². The molecule has 0 aliphatic rings. The van der Waals surface area contributed by atoms with Gasteiger partial charge in [-0.25, -0.2) is 4.79 Å². The number of allylic oxidation sites excluding steroid dienone is 1. The number of carbonyl (C=O) groups excluding carboxylic acids is 1. The van der Waals surface area contributed by atoms with Gasteiger partial charge in [0.25, 0.3) is 0 Å². The molecule has 0 saturated heterocycles. The molecule has 28 heavy (non-hydrogen) atoms. The molecule has 3 rings (SSSR count). The molecule has 0 atom stereocenters. The quantitative estimate of drug-likeness (QED) is 0.396. The van der Waals surface area contributed by atoms with Crippen LogP contribution in [0.2, 0.25) is 0 Å². The maximum atomic E-state index is 12.6. The molecule has 142 valence electrons. The standard InChI is InChI=1S/C21H16O7/c22-14-4-1-12(2-5-14)3-6-18(25)21-13(7-15(23)10-19(21)26)8-17-9-16(24)11-20(27)28-17/h1-7,9-11,22-24,26H,8H2/b6-3+. The summed E-state index contributed by atoms with van der Waals surface area (Å²) in [6, 6.07) is 10.6. The van der Waals surface area contributed by atoms with Crippen LogP contribution in [0.25, 0.3) is 6.08 Å². The number of ketones is 1. The summed E-state index contributed by atoms with van der Waals surface area (Å²) >= 11 is 0. The summed E-state index contributed by atoms with van der Waals surface area (Å²) in [5.41, 5.74) is 0.0369. The number of hydrogen-bond acceptors (Lipinski definition) is 7. The Morgan fingerprint density at radius 2 is 1.57 bits per heavy atom. The average Bonchev–Trinajstić information content (AvgIpc) is 2.59. The highest BCUT2D eigenvalue weighted by Crippen LogP contribution is 2.30. The summed E-state index contributed by atoms with van der Waals surface area (Å²) in [6.45, 7) is 0. The molecule has 3 aromatic rings. The van der Waals surface area contributed by atoms with Crippen LogP contribution in [-0.2, 0) is 6.42 Å². The van der Waals surface area contributed by atoms with Gasteiger partial charge in [-0.3, -0.25) is 4.79 Å². The van der Waals surface area contributed by atoms with Gasteiger partial charge < -0.3 is 24.8 Å². The summed E-state index contributed by atoms with van der Waals surface area (Å²) in [7, 11) is 0. The van der Waals surface area contributed by atoms with Crippen molar-refractivity contribution in [3.05, 3.63) is 87.5 Å². The Balaban J connectivity index is 1.96. The fourth-order valence-corrected chi connectivity index (χ4v) is 2.72. The number of aromatic hydroxyl groups is 4. The largest absolute Gasteiger partial charge is 0.508 e. The summed E-state index contributed by atoms with van der Waals surface area (Å²) < 4.78 is 4.99. The molecule has 0 spiro atoms. The molecule has 4 N–H and O–H groups in total. The lowest BCUT2D eigenvalue weighted by Crippen LogP contribution is -2.05. The second kappa shape index (κ2) is 7.71. The van der Waals surface area contributed by atoms with Gasteiger partial charge in [0.2, 0.25) is 0 Å². The highest BCUT2D eigenvalue weighted by atomic mass is 16.4. The lowest BCUT2D eigenvalue weighted by Gasteiger charge is -2.10. The highest BCUT2D eigenvalue weighted by molar-refractivity contribution is 6.09. The van der Waals surface area contributed by atoms with E-state index in [1.54, 1.807) is 12.1 Å². The molecule has 7 nitrogen and oxygen atoms in total. The van der Waals surface area contributed by atoms with Gasteiger partial charge in [-0.2, -0.15) is 0 Å². The van der Waals surface area contributed by atoms with E-state index in [1.165, 1.54) is 36.4 Å². The number of phenols is 3. The molecule has 0 aliphatic heterocycles.